The fourth-order valence-electron chi connectivity index (χ4n) is 2.00. The van der Waals surface area contributed by atoms with E-state index in [9.17, 15) is 0 Å². The van der Waals surface area contributed by atoms with Gasteiger partial charge in [0.25, 0.3) is 0 Å². The summed E-state index contributed by atoms with van der Waals surface area (Å²) in [6.45, 7) is 1.56. The van der Waals surface area contributed by atoms with Crippen LogP contribution in [0.25, 0.3) is 0 Å². The molecule has 0 amide bonds. The first-order chi connectivity index (χ1) is 10.3. The maximum absolute atomic E-state index is 6.13. The third kappa shape index (κ3) is 5.16. The van der Waals surface area contributed by atoms with Gasteiger partial charge in [-0.2, -0.15) is 0 Å². The maximum Gasteiger partial charge on any atom is 0.191 e. The SMILES string of the molecule is CN=C(NCCc1ccco1)NCCc1ccccc1Cl. The van der Waals surface area contributed by atoms with Crippen molar-refractivity contribution in [3.05, 3.63) is 59.0 Å². The van der Waals surface area contributed by atoms with Gasteiger partial charge in [-0.3, -0.25) is 4.99 Å². The number of rotatable bonds is 6. The zero-order chi connectivity index (χ0) is 14.9. The fourth-order valence-corrected chi connectivity index (χ4v) is 2.23. The van der Waals surface area contributed by atoms with Crippen molar-refractivity contribution in [1.82, 2.24) is 10.6 Å². The zero-order valence-corrected chi connectivity index (χ0v) is 12.9. The Kier molecular flexibility index (Phi) is 6.16. The third-order valence-corrected chi connectivity index (χ3v) is 3.48. The number of aliphatic imine (C=N–C) groups is 1. The molecule has 0 radical (unpaired) electrons. The molecule has 0 fully saturated rings. The second-order valence-electron chi connectivity index (χ2n) is 4.60. The summed E-state index contributed by atoms with van der Waals surface area (Å²) >= 11 is 6.13. The fraction of sp³-hybridized carbons (Fsp3) is 0.312. The van der Waals surface area contributed by atoms with Crippen LogP contribution in [-0.4, -0.2) is 26.1 Å². The molecule has 0 bridgehead atoms. The van der Waals surface area contributed by atoms with Gasteiger partial charge in [0.15, 0.2) is 5.96 Å². The Morgan fingerprint density at radius 2 is 1.86 bits per heavy atom. The van der Waals surface area contributed by atoms with Gasteiger partial charge < -0.3 is 15.1 Å². The Bertz CT molecular complexity index is 567. The Balaban J connectivity index is 1.69. The summed E-state index contributed by atoms with van der Waals surface area (Å²) < 4.78 is 5.29. The highest BCUT2D eigenvalue weighted by Gasteiger charge is 2.01. The van der Waals surface area contributed by atoms with Crippen molar-refractivity contribution >= 4 is 17.6 Å². The van der Waals surface area contributed by atoms with Gasteiger partial charge in [-0.15, -0.1) is 0 Å². The largest absolute Gasteiger partial charge is 0.469 e. The minimum absolute atomic E-state index is 0.777. The molecule has 0 saturated carbocycles. The minimum Gasteiger partial charge on any atom is -0.469 e. The van der Waals surface area contributed by atoms with Crippen LogP contribution in [-0.2, 0) is 12.8 Å². The van der Waals surface area contributed by atoms with Crippen LogP contribution in [0, 0.1) is 0 Å². The lowest BCUT2D eigenvalue weighted by molar-refractivity contribution is 0.507. The molecule has 0 aliphatic heterocycles. The first kappa shape index (κ1) is 15.4. The molecule has 1 heterocycles. The standard InChI is InChI=1S/C16H20ClN3O/c1-18-16(20-11-9-14-6-4-12-21-14)19-10-8-13-5-2-3-7-15(13)17/h2-7,12H,8-11H2,1H3,(H2,18,19,20). The molecule has 0 spiro atoms. The Hall–Kier alpha value is -1.94. The van der Waals surface area contributed by atoms with E-state index in [0.717, 1.165) is 48.2 Å². The number of halogens is 1. The predicted molar refractivity (Wildman–Crippen MR) is 86.9 cm³/mol. The van der Waals surface area contributed by atoms with Crippen molar-refractivity contribution in [3.8, 4) is 0 Å². The lowest BCUT2D eigenvalue weighted by Gasteiger charge is -2.11. The molecule has 1 aromatic heterocycles. The highest BCUT2D eigenvalue weighted by Crippen LogP contribution is 2.14. The lowest BCUT2D eigenvalue weighted by atomic mass is 10.1. The average molecular weight is 306 g/mol. The number of furan rings is 1. The van der Waals surface area contributed by atoms with Crippen molar-refractivity contribution < 1.29 is 4.42 Å². The second-order valence-corrected chi connectivity index (χ2v) is 5.00. The molecule has 0 aliphatic carbocycles. The minimum atomic E-state index is 0.777. The van der Waals surface area contributed by atoms with Crippen molar-refractivity contribution in [1.29, 1.82) is 0 Å². The van der Waals surface area contributed by atoms with E-state index in [4.69, 9.17) is 16.0 Å². The molecular formula is C16H20ClN3O. The first-order valence-corrected chi connectivity index (χ1v) is 7.37. The number of nitrogens with one attached hydrogen (secondary N) is 2. The molecule has 5 heteroatoms. The van der Waals surface area contributed by atoms with E-state index < -0.39 is 0 Å². The normalized spacial score (nSPS) is 11.4. The Morgan fingerprint density at radius 3 is 2.52 bits per heavy atom. The zero-order valence-electron chi connectivity index (χ0n) is 12.1. The molecule has 2 aromatic rings. The van der Waals surface area contributed by atoms with Gasteiger partial charge in [-0.05, 0) is 30.2 Å². The van der Waals surface area contributed by atoms with Crippen LogP contribution >= 0.6 is 11.6 Å². The molecule has 1 aromatic carbocycles. The monoisotopic (exact) mass is 305 g/mol. The summed E-state index contributed by atoms with van der Waals surface area (Å²) in [7, 11) is 1.76. The number of hydrogen-bond donors (Lipinski definition) is 2. The van der Waals surface area contributed by atoms with Gasteiger partial charge in [-0.1, -0.05) is 29.8 Å². The van der Waals surface area contributed by atoms with Gasteiger partial charge in [-0.25, -0.2) is 0 Å². The lowest BCUT2D eigenvalue weighted by Crippen LogP contribution is -2.39. The van der Waals surface area contributed by atoms with Crippen LogP contribution in [0.5, 0.6) is 0 Å². The predicted octanol–water partition coefficient (Wildman–Crippen LogP) is 2.88. The Morgan fingerprint density at radius 1 is 1.10 bits per heavy atom. The van der Waals surface area contributed by atoms with Gasteiger partial charge in [0, 0.05) is 31.6 Å². The topological polar surface area (TPSA) is 49.6 Å². The van der Waals surface area contributed by atoms with Crippen molar-refractivity contribution in [2.75, 3.05) is 20.1 Å². The van der Waals surface area contributed by atoms with Crippen LogP contribution in [0.2, 0.25) is 5.02 Å². The van der Waals surface area contributed by atoms with E-state index in [1.165, 1.54) is 0 Å². The third-order valence-electron chi connectivity index (χ3n) is 3.11. The summed E-state index contributed by atoms with van der Waals surface area (Å²) in [6, 6.07) is 11.7. The maximum atomic E-state index is 6.13. The number of nitrogens with zero attached hydrogens (tertiary/aromatic N) is 1. The van der Waals surface area contributed by atoms with Gasteiger partial charge in [0.05, 0.1) is 6.26 Å². The van der Waals surface area contributed by atoms with Crippen LogP contribution in [0.3, 0.4) is 0 Å². The van der Waals surface area contributed by atoms with Gasteiger partial charge in [0.2, 0.25) is 0 Å². The molecule has 2 rings (SSSR count). The number of benzene rings is 1. The van der Waals surface area contributed by atoms with Crippen molar-refractivity contribution in [2.24, 2.45) is 4.99 Å². The molecule has 4 nitrogen and oxygen atoms in total. The summed E-state index contributed by atoms with van der Waals surface area (Å²) in [5.41, 5.74) is 1.14. The van der Waals surface area contributed by atoms with Crippen molar-refractivity contribution in [2.45, 2.75) is 12.8 Å². The smallest absolute Gasteiger partial charge is 0.191 e. The molecule has 0 unspecified atom stereocenters. The Labute approximate surface area is 130 Å². The summed E-state index contributed by atoms with van der Waals surface area (Å²) in [5.74, 6) is 1.75. The van der Waals surface area contributed by atoms with E-state index in [-0.39, 0.29) is 0 Å². The summed E-state index contributed by atoms with van der Waals surface area (Å²) in [6.07, 6.45) is 3.38. The van der Waals surface area contributed by atoms with E-state index in [2.05, 4.69) is 15.6 Å². The van der Waals surface area contributed by atoms with E-state index in [1.807, 2.05) is 36.4 Å². The molecule has 0 saturated heterocycles. The first-order valence-electron chi connectivity index (χ1n) is 7.00. The highest BCUT2D eigenvalue weighted by atomic mass is 35.5. The van der Waals surface area contributed by atoms with Crippen LogP contribution < -0.4 is 10.6 Å². The van der Waals surface area contributed by atoms with E-state index in [0.29, 0.717) is 0 Å². The quantitative estimate of drug-likeness (QED) is 0.637. The molecule has 2 N–H and O–H groups in total. The molecule has 21 heavy (non-hydrogen) atoms. The van der Waals surface area contributed by atoms with Gasteiger partial charge >= 0.3 is 0 Å². The molecule has 0 atom stereocenters. The summed E-state index contributed by atoms with van der Waals surface area (Å²) in [4.78, 5) is 4.19. The van der Waals surface area contributed by atoms with E-state index >= 15 is 0 Å². The highest BCUT2D eigenvalue weighted by molar-refractivity contribution is 6.31. The summed E-state index contributed by atoms with van der Waals surface area (Å²) in [5, 5.41) is 7.33. The van der Waals surface area contributed by atoms with Crippen LogP contribution in [0.1, 0.15) is 11.3 Å². The molecule has 0 aliphatic rings. The van der Waals surface area contributed by atoms with E-state index in [1.54, 1.807) is 13.3 Å². The van der Waals surface area contributed by atoms with Crippen LogP contribution in [0.15, 0.2) is 52.1 Å². The number of guanidine groups is 1. The molecule has 112 valence electrons. The number of hydrogen-bond acceptors (Lipinski definition) is 2. The molecular weight excluding hydrogens is 286 g/mol. The second kappa shape index (κ2) is 8.37. The average Bonchev–Trinajstić information content (AvgIpc) is 3.01. The van der Waals surface area contributed by atoms with Gasteiger partial charge in [0.1, 0.15) is 5.76 Å². The van der Waals surface area contributed by atoms with Crippen LogP contribution in [0.4, 0.5) is 0 Å². The van der Waals surface area contributed by atoms with Crippen molar-refractivity contribution in [3.63, 3.8) is 0 Å².